The molecule has 28 heavy (non-hydrogen) atoms. The van der Waals surface area contributed by atoms with Gasteiger partial charge in [-0.1, -0.05) is 6.07 Å². The summed E-state index contributed by atoms with van der Waals surface area (Å²) >= 11 is 0. The van der Waals surface area contributed by atoms with Gasteiger partial charge in [0.15, 0.2) is 0 Å². The molecule has 2 N–H and O–H groups in total. The Balaban J connectivity index is 1.79. The molecule has 3 rings (SSSR count). The van der Waals surface area contributed by atoms with Crippen molar-refractivity contribution in [1.29, 1.82) is 0 Å². The monoisotopic (exact) mass is 393 g/mol. The van der Waals surface area contributed by atoms with Gasteiger partial charge in [-0.05, 0) is 42.7 Å². The van der Waals surface area contributed by atoms with E-state index in [9.17, 15) is 22.8 Å². The van der Waals surface area contributed by atoms with Crippen molar-refractivity contribution < 1.29 is 27.9 Å². The Hall–Kier alpha value is -3.10. The number of likely N-dealkylation sites (tertiary alicyclic amines) is 1. The molecule has 2 heterocycles. The summed E-state index contributed by atoms with van der Waals surface area (Å²) in [4.78, 5) is 28.5. The molecule has 1 aliphatic heterocycles. The van der Waals surface area contributed by atoms with E-state index in [0.29, 0.717) is 25.7 Å². The molecule has 6 nitrogen and oxygen atoms in total. The number of carboxylic acid groups (broad SMARTS) is 1. The first kappa shape index (κ1) is 19.7. The second-order valence-electron chi connectivity index (χ2n) is 6.70. The molecule has 1 aromatic carbocycles. The third-order valence-corrected chi connectivity index (χ3v) is 4.76. The number of nitrogens with zero attached hydrogens (tertiary/aromatic N) is 2. The average Bonchev–Trinajstić information content (AvgIpc) is 3.12. The first-order valence-corrected chi connectivity index (χ1v) is 8.57. The molecule has 0 aliphatic carbocycles. The van der Waals surface area contributed by atoms with E-state index in [-0.39, 0.29) is 17.2 Å². The zero-order valence-electron chi connectivity index (χ0n) is 15.0. The van der Waals surface area contributed by atoms with Crippen LogP contribution in [0.5, 0.6) is 0 Å². The van der Waals surface area contributed by atoms with Crippen LogP contribution in [-0.2, 0) is 6.18 Å². The Bertz CT molecular complexity index is 915. The molecule has 148 valence electrons. The van der Waals surface area contributed by atoms with Crippen LogP contribution in [-0.4, -0.2) is 40.1 Å². The SMILES string of the molecule is Cc1ccc(C(=O)Nc2cncc(C(F)(F)F)c2)cc1[C@@H]1CCN(C(=O)O)C1. The van der Waals surface area contributed by atoms with Crippen LogP contribution in [0.1, 0.15) is 39.4 Å². The molecule has 0 radical (unpaired) electrons. The van der Waals surface area contributed by atoms with Crippen LogP contribution in [0.4, 0.5) is 23.7 Å². The first-order chi connectivity index (χ1) is 13.1. The second kappa shape index (κ2) is 7.49. The smallest absolute Gasteiger partial charge is 0.417 e. The molecule has 2 amide bonds. The van der Waals surface area contributed by atoms with Crippen LogP contribution in [0.3, 0.4) is 0 Å². The van der Waals surface area contributed by atoms with Gasteiger partial charge in [0.05, 0.1) is 17.4 Å². The number of carbonyl (C=O) groups is 2. The lowest BCUT2D eigenvalue weighted by atomic mass is 9.92. The molecule has 0 saturated carbocycles. The molecular formula is C19H18F3N3O3. The zero-order chi connectivity index (χ0) is 20.5. The van der Waals surface area contributed by atoms with E-state index >= 15 is 0 Å². The number of pyridine rings is 1. The van der Waals surface area contributed by atoms with Gasteiger partial charge < -0.3 is 15.3 Å². The van der Waals surface area contributed by atoms with Crippen molar-refractivity contribution in [3.63, 3.8) is 0 Å². The zero-order valence-corrected chi connectivity index (χ0v) is 15.0. The summed E-state index contributed by atoms with van der Waals surface area (Å²) in [7, 11) is 0. The van der Waals surface area contributed by atoms with Crippen LogP contribution in [0.25, 0.3) is 0 Å². The van der Waals surface area contributed by atoms with Crippen molar-refractivity contribution in [2.45, 2.75) is 25.4 Å². The number of hydrogen-bond acceptors (Lipinski definition) is 3. The maximum atomic E-state index is 12.8. The lowest BCUT2D eigenvalue weighted by molar-refractivity contribution is -0.137. The molecule has 1 fully saturated rings. The summed E-state index contributed by atoms with van der Waals surface area (Å²) in [5.41, 5.74) is 1.06. The number of benzene rings is 1. The largest absolute Gasteiger partial charge is 0.465 e. The number of anilines is 1. The molecule has 1 saturated heterocycles. The van der Waals surface area contributed by atoms with Crippen molar-refractivity contribution in [3.05, 3.63) is 58.9 Å². The Morgan fingerprint density at radius 1 is 1.25 bits per heavy atom. The van der Waals surface area contributed by atoms with E-state index in [1.165, 1.54) is 4.90 Å². The van der Waals surface area contributed by atoms with Gasteiger partial charge in [0.25, 0.3) is 5.91 Å². The fraction of sp³-hybridized carbons (Fsp3) is 0.316. The van der Waals surface area contributed by atoms with Gasteiger partial charge >= 0.3 is 12.3 Å². The van der Waals surface area contributed by atoms with Crippen LogP contribution in [0.2, 0.25) is 0 Å². The van der Waals surface area contributed by atoms with E-state index in [1.807, 2.05) is 6.92 Å². The van der Waals surface area contributed by atoms with Gasteiger partial charge in [-0.2, -0.15) is 13.2 Å². The van der Waals surface area contributed by atoms with E-state index in [0.717, 1.165) is 23.4 Å². The lowest BCUT2D eigenvalue weighted by Crippen LogP contribution is -2.26. The first-order valence-electron chi connectivity index (χ1n) is 8.57. The van der Waals surface area contributed by atoms with Gasteiger partial charge in [-0.25, -0.2) is 4.79 Å². The van der Waals surface area contributed by atoms with Crippen molar-refractivity contribution in [3.8, 4) is 0 Å². The molecule has 0 bridgehead atoms. The highest BCUT2D eigenvalue weighted by atomic mass is 19.4. The highest BCUT2D eigenvalue weighted by molar-refractivity contribution is 6.04. The van der Waals surface area contributed by atoms with E-state index in [4.69, 9.17) is 5.11 Å². The minimum Gasteiger partial charge on any atom is -0.465 e. The topological polar surface area (TPSA) is 82.5 Å². The van der Waals surface area contributed by atoms with Gasteiger partial charge in [-0.3, -0.25) is 9.78 Å². The summed E-state index contributed by atoms with van der Waals surface area (Å²) in [5, 5.41) is 11.5. The minimum atomic E-state index is -4.55. The summed E-state index contributed by atoms with van der Waals surface area (Å²) in [6, 6.07) is 5.82. The minimum absolute atomic E-state index is 0.0286. The number of aromatic nitrogens is 1. The molecule has 0 unspecified atom stereocenters. The third kappa shape index (κ3) is 4.24. The highest BCUT2D eigenvalue weighted by Crippen LogP contribution is 2.31. The Labute approximate surface area is 159 Å². The number of rotatable bonds is 3. The Morgan fingerprint density at radius 2 is 2.00 bits per heavy atom. The number of aryl methyl sites for hydroxylation is 1. The van der Waals surface area contributed by atoms with Crippen molar-refractivity contribution >= 4 is 17.7 Å². The molecule has 1 atom stereocenters. The number of halogens is 3. The normalized spacial score (nSPS) is 16.9. The molecule has 1 aliphatic rings. The number of amides is 2. The maximum Gasteiger partial charge on any atom is 0.417 e. The summed E-state index contributed by atoms with van der Waals surface area (Å²) in [5.74, 6) is -0.588. The van der Waals surface area contributed by atoms with E-state index < -0.39 is 23.7 Å². The van der Waals surface area contributed by atoms with Gasteiger partial charge in [0.1, 0.15) is 0 Å². The van der Waals surface area contributed by atoms with Gasteiger partial charge in [0.2, 0.25) is 0 Å². The molecule has 1 aromatic heterocycles. The van der Waals surface area contributed by atoms with Crippen molar-refractivity contribution in [2.24, 2.45) is 0 Å². The molecular weight excluding hydrogens is 375 g/mol. The number of hydrogen-bond donors (Lipinski definition) is 2. The quantitative estimate of drug-likeness (QED) is 0.822. The summed E-state index contributed by atoms with van der Waals surface area (Å²) in [6.45, 7) is 2.64. The predicted octanol–water partition coefficient (Wildman–Crippen LogP) is 4.13. The number of carbonyl (C=O) groups excluding carboxylic acids is 1. The van der Waals surface area contributed by atoms with Crippen molar-refractivity contribution in [2.75, 3.05) is 18.4 Å². The maximum absolute atomic E-state index is 12.8. The second-order valence-corrected chi connectivity index (χ2v) is 6.70. The molecule has 0 spiro atoms. The van der Waals surface area contributed by atoms with Crippen LogP contribution >= 0.6 is 0 Å². The summed E-state index contributed by atoms with van der Waals surface area (Å²) in [6.07, 6.45) is -3.05. The summed E-state index contributed by atoms with van der Waals surface area (Å²) < 4.78 is 38.4. The van der Waals surface area contributed by atoms with Crippen molar-refractivity contribution in [1.82, 2.24) is 9.88 Å². The van der Waals surface area contributed by atoms with E-state index in [2.05, 4.69) is 10.3 Å². The molecule has 9 heteroatoms. The van der Waals surface area contributed by atoms with E-state index in [1.54, 1.807) is 18.2 Å². The predicted molar refractivity (Wildman–Crippen MR) is 95.3 cm³/mol. The fourth-order valence-electron chi connectivity index (χ4n) is 3.28. The van der Waals surface area contributed by atoms with Crippen LogP contribution in [0, 0.1) is 6.92 Å². The van der Waals surface area contributed by atoms with Crippen LogP contribution < -0.4 is 5.32 Å². The third-order valence-electron chi connectivity index (χ3n) is 4.76. The lowest BCUT2D eigenvalue weighted by Gasteiger charge is -2.16. The standard InChI is InChI=1S/C19H18F3N3O3/c1-11-2-3-12(6-16(11)13-4-5-25(10-13)18(27)28)17(26)24-15-7-14(8-23-9-15)19(20,21)22/h2-3,6-9,13H,4-5,10H2,1H3,(H,24,26)(H,27,28)/t13-/m1/s1. The Kier molecular flexibility index (Phi) is 5.26. The fourth-order valence-corrected chi connectivity index (χ4v) is 3.28. The highest BCUT2D eigenvalue weighted by Gasteiger charge is 2.31. The average molecular weight is 393 g/mol. The van der Waals surface area contributed by atoms with Crippen LogP contribution in [0.15, 0.2) is 36.7 Å². The van der Waals surface area contributed by atoms with Gasteiger partial charge in [-0.15, -0.1) is 0 Å². The number of nitrogens with one attached hydrogen (secondary N) is 1. The number of alkyl halides is 3. The van der Waals surface area contributed by atoms with Gasteiger partial charge in [0, 0.05) is 30.8 Å². The molecule has 2 aromatic rings. The Morgan fingerprint density at radius 3 is 2.64 bits per heavy atom.